The molecule has 1 aromatic heterocycles. The number of nitrogens with two attached hydrogens (primary N) is 2. The van der Waals surface area contributed by atoms with Crippen LogP contribution >= 0.6 is 11.8 Å². The number of methoxy groups -OCH3 is 2. The lowest BCUT2D eigenvalue weighted by atomic mass is 9.95. The monoisotopic (exact) mass is 472 g/mol. The first-order valence-electron chi connectivity index (χ1n) is 9.98. The molecule has 0 fully saturated rings. The van der Waals surface area contributed by atoms with Crippen LogP contribution in [0.3, 0.4) is 0 Å². The summed E-state index contributed by atoms with van der Waals surface area (Å²) in [5.74, 6) is 1.88. The third-order valence-corrected chi connectivity index (χ3v) is 6.29. The van der Waals surface area contributed by atoms with Crippen LogP contribution in [0.1, 0.15) is 22.7 Å². The number of aromatic nitrogens is 1. The van der Waals surface area contributed by atoms with Crippen molar-refractivity contribution in [2.45, 2.75) is 15.8 Å². The number of hydrogen-bond donors (Lipinski definition) is 4. The van der Waals surface area contributed by atoms with Gasteiger partial charge in [-0.15, -0.1) is 0 Å². The molecule has 11 heteroatoms. The van der Waals surface area contributed by atoms with Crippen LogP contribution in [0.25, 0.3) is 0 Å². The van der Waals surface area contributed by atoms with E-state index >= 15 is 0 Å². The number of hydrogen-bond acceptors (Lipinski definition) is 11. The summed E-state index contributed by atoms with van der Waals surface area (Å²) in [6.07, 6.45) is 1.85. The molecule has 1 aliphatic rings. The molecule has 3 aromatic rings. The summed E-state index contributed by atoms with van der Waals surface area (Å²) >= 11 is 1.47. The van der Waals surface area contributed by atoms with E-state index in [-0.39, 0.29) is 23.0 Å². The van der Waals surface area contributed by atoms with E-state index in [1.807, 2.05) is 54.7 Å². The fourth-order valence-corrected chi connectivity index (χ4v) is 4.70. The number of rotatable bonds is 5. The summed E-state index contributed by atoms with van der Waals surface area (Å²) in [5, 5.41) is 24.1. The number of ether oxygens (including phenoxy) is 2. The third kappa shape index (κ3) is 4.08. The summed E-state index contributed by atoms with van der Waals surface area (Å²) in [7, 11) is 3.20. The van der Waals surface area contributed by atoms with Gasteiger partial charge in [0.1, 0.15) is 40.8 Å². The van der Waals surface area contributed by atoms with Gasteiger partial charge in [0, 0.05) is 10.5 Å². The maximum Gasteiger partial charge on any atom is 0.211 e. The van der Waals surface area contributed by atoms with Gasteiger partial charge in [-0.05, 0) is 29.8 Å². The molecule has 0 aliphatic carbocycles. The summed E-state index contributed by atoms with van der Waals surface area (Å²) in [5.41, 5.74) is 13.9. The summed E-state index contributed by atoms with van der Waals surface area (Å²) in [6, 6.07) is 14.5. The first kappa shape index (κ1) is 22.6. The largest absolute Gasteiger partial charge is 0.497 e. The number of aliphatic imine (C=N–C) groups is 1. The van der Waals surface area contributed by atoms with Crippen molar-refractivity contribution in [1.82, 2.24) is 10.3 Å². The molecule has 1 atom stereocenters. The molecule has 0 saturated heterocycles. The molecule has 2 heterocycles. The van der Waals surface area contributed by atoms with Crippen LogP contribution in [0, 0.1) is 22.8 Å². The molecule has 2 aromatic carbocycles. The van der Waals surface area contributed by atoms with E-state index in [0.717, 1.165) is 15.4 Å². The Labute approximate surface area is 200 Å². The lowest BCUT2D eigenvalue weighted by Gasteiger charge is -2.27. The Bertz CT molecular complexity index is 1380. The molecular formula is C23H20N8O2S. The minimum absolute atomic E-state index is 0.00742. The van der Waals surface area contributed by atoms with Gasteiger partial charge in [0.15, 0.2) is 6.19 Å². The molecular weight excluding hydrogens is 452 g/mol. The second-order valence-electron chi connectivity index (χ2n) is 7.06. The molecule has 0 radical (unpaired) electrons. The lowest BCUT2D eigenvalue weighted by molar-refractivity contribution is 0.394. The number of nitrogen functional groups attached to an aromatic ring is 2. The van der Waals surface area contributed by atoms with E-state index in [9.17, 15) is 5.26 Å². The van der Waals surface area contributed by atoms with Crippen molar-refractivity contribution in [2.24, 2.45) is 4.99 Å². The van der Waals surface area contributed by atoms with Gasteiger partial charge in [0.05, 0.1) is 24.8 Å². The molecule has 0 amide bonds. The van der Waals surface area contributed by atoms with Crippen LogP contribution in [-0.4, -0.2) is 25.2 Å². The number of nitrogens with zero attached hydrogens (tertiary/aromatic N) is 4. The lowest BCUT2D eigenvalue weighted by Crippen LogP contribution is -2.32. The topological polar surface area (TPSA) is 167 Å². The predicted molar refractivity (Wildman–Crippen MR) is 130 cm³/mol. The fourth-order valence-electron chi connectivity index (χ4n) is 3.59. The van der Waals surface area contributed by atoms with E-state index < -0.39 is 6.04 Å². The van der Waals surface area contributed by atoms with Crippen molar-refractivity contribution >= 4 is 35.0 Å². The highest BCUT2D eigenvalue weighted by Crippen LogP contribution is 2.46. The van der Waals surface area contributed by atoms with Gasteiger partial charge in [0.2, 0.25) is 5.96 Å². The van der Waals surface area contributed by atoms with Gasteiger partial charge in [-0.3, -0.25) is 5.32 Å². The molecule has 0 bridgehead atoms. The fraction of sp³-hybridized carbons (Fsp3) is 0.130. The predicted octanol–water partition coefficient (Wildman–Crippen LogP) is 3.23. The van der Waals surface area contributed by atoms with E-state index in [2.05, 4.69) is 20.6 Å². The molecule has 170 valence electrons. The minimum Gasteiger partial charge on any atom is -0.497 e. The number of benzene rings is 2. The summed E-state index contributed by atoms with van der Waals surface area (Å²) < 4.78 is 10.9. The maximum atomic E-state index is 9.56. The Morgan fingerprint density at radius 3 is 2.59 bits per heavy atom. The molecule has 4 rings (SSSR count). The summed E-state index contributed by atoms with van der Waals surface area (Å²) in [4.78, 5) is 10.7. The van der Waals surface area contributed by atoms with Gasteiger partial charge in [0.25, 0.3) is 0 Å². The number of fused-ring (bicyclic) bond motifs is 1. The Morgan fingerprint density at radius 1 is 1.09 bits per heavy atom. The number of guanidine groups is 1. The minimum atomic E-state index is -0.660. The second kappa shape index (κ2) is 9.48. The Balaban J connectivity index is 1.88. The highest BCUT2D eigenvalue weighted by molar-refractivity contribution is 7.99. The van der Waals surface area contributed by atoms with Crippen molar-refractivity contribution in [3.05, 3.63) is 59.2 Å². The zero-order valence-electron chi connectivity index (χ0n) is 18.3. The Hall–Kier alpha value is -4.61. The Morgan fingerprint density at radius 2 is 1.88 bits per heavy atom. The number of nitrogens with one attached hydrogen (secondary N) is 2. The van der Waals surface area contributed by atoms with Crippen molar-refractivity contribution in [1.29, 1.82) is 10.5 Å². The normalized spacial score (nSPS) is 14.0. The number of anilines is 3. The van der Waals surface area contributed by atoms with Gasteiger partial charge >= 0.3 is 0 Å². The second-order valence-corrected chi connectivity index (χ2v) is 8.14. The zero-order chi connectivity index (χ0) is 24.2. The van der Waals surface area contributed by atoms with E-state index in [4.69, 9.17) is 26.2 Å². The first-order chi connectivity index (χ1) is 16.5. The molecule has 1 unspecified atom stereocenters. The molecule has 10 nitrogen and oxygen atoms in total. The van der Waals surface area contributed by atoms with Crippen LogP contribution in [0.2, 0.25) is 0 Å². The smallest absolute Gasteiger partial charge is 0.211 e. The highest BCUT2D eigenvalue weighted by atomic mass is 32.2. The summed E-state index contributed by atoms with van der Waals surface area (Å²) in [6.45, 7) is 0. The maximum absolute atomic E-state index is 9.56. The molecule has 0 spiro atoms. The van der Waals surface area contributed by atoms with E-state index in [0.29, 0.717) is 22.9 Å². The standard InChI is InChI=1S/C23H20N8O2S/c1-32-12-7-8-15(33-2)17(9-12)34-16-6-4-3-5-13(16)20-18-19(26)14(10-24)21(27)30-22(18)31-23(29-20)28-11-25/h3-9,20H,1-2H3,(H6,26,27,28,29,30,31). The highest BCUT2D eigenvalue weighted by Gasteiger charge is 2.31. The average Bonchev–Trinajstić information content (AvgIpc) is 2.84. The van der Waals surface area contributed by atoms with Crippen molar-refractivity contribution < 1.29 is 9.47 Å². The molecule has 34 heavy (non-hydrogen) atoms. The van der Waals surface area contributed by atoms with Crippen LogP contribution < -0.4 is 31.6 Å². The van der Waals surface area contributed by atoms with Gasteiger partial charge in [-0.1, -0.05) is 30.0 Å². The molecule has 0 saturated carbocycles. The van der Waals surface area contributed by atoms with Crippen molar-refractivity contribution in [3.8, 4) is 23.8 Å². The zero-order valence-corrected chi connectivity index (χ0v) is 19.1. The number of nitriles is 2. The van der Waals surface area contributed by atoms with Crippen molar-refractivity contribution in [2.75, 3.05) is 31.0 Å². The van der Waals surface area contributed by atoms with Crippen LogP contribution in [0.15, 0.2) is 57.2 Å². The van der Waals surface area contributed by atoms with Crippen LogP contribution in [-0.2, 0) is 0 Å². The van der Waals surface area contributed by atoms with Gasteiger partial charge < -0.3 is 26.3 Å². The quantitative estimate of drug-likeness (QED) is 0.319. The number of pyridine rings is 1. The van der Waals surface area contributed by atoms with Crippen molar-refractivity contribution in [3.63, 3.8) is 0 Å². The molecule has 1 aliphatic heterocycles. The van der Waals surface area contributed by atoms with Crippen LogP contribution in [0.5, 0.6) is 11.5 Å². The van der Waals surface area contributed by atoms with Gasteiger partial charge in [-0.2, -0.15) is 10.5 Å². The third-order valence-electron chi connectivity index (χ3n) is 5.16. The SMILES string of the molecule is COc1ccc(OC)c(Sc2ccccc2C2N=C(NC#N)Nc3nc(N)c(C#N)c(N)c32)c1. The first-order valence-corrected chi connectivity index (χ1v) is 10.8. The van der Waals surface area contributed by atoms with Crippen LogP contribution in [0.4, 0.5) is 17.3 Å². The average molecular weight is 473 g/mol. The Kier molecular flexibility index (Phi) is 6.30. The molecule has 6 N–H and O–H groups in total. The van der Waals surface area contributed by atoms with E-state index in [1.54, 1.807) is 14.2 Å². The van der Waals surface area contributed by atoms with Gasteiger partial charge in [-0.25, -0.2) is 9.98 Å². The van der Waals surface area contributed by atoms with E-state index in [1.165, 1.54) is 11.8 Å².